The van der Waals surface area contributed by atoms with E-state index in [2.05, 4.69) is 0 Å². The minimum atomic E-state index is -1.18. The highest BCUT2D eigenvalue weighted by atomic mass is 16.7. The average Bonchev–Trinajstić information content (AvgIpc) is 2.69. The van der Waals surface area contributed by atoms with Crippen molar-refractivity contribution in [2.24, 2.45) is 11.8 Å². The highest BCUT2D eigenvalue weighted by Gasteiger charge is 2.46. The Kier molecular flexibility index (Phi) is 8.15. The molecule has 3 aliphatic rings. The third-order valence-electron chi connectivity index (χ3n) is 6.31. The third kappa shape index (κ3) is 5.40. The number of aliphatic hydroxyl groups excluding tert-OH is 3. The first-order chi connectivity index (χ1) is 12.7. The second-order valence-electron chi connectivity index (χ2n) is 8.34. The van der Waals surface area contributed by atoms with Crippen LogP contribution in [0.25, 0.3) is 0 Å². The Balaban J connectivity index is 1.57. The van der Waals surface area contributed by atoms with Crippen LogP contribution in [0, 0.1) is 11.8 Å². The molecule has 0 aromatic carbocycles. The number of hydrogen-bond acceptors (Lipinski definition) is 6. The predicted octanol–water partition coefficient (Wildman–Crippen LogP) is 1.99. The molecule has 6 heteroatoms. The largest absolute Gasteiger partial charge is 0.394 e. The topological polar surface area (TPSA) is 88.4 Å². The molecule has 1 unspecified atom stereocenters. The summed E-state index contributed by atoms with van der Waals surface area (Å²) in [6.45, 7) is 0.775. The van der Waals surface area contributed by atoms with E-state index in [-0.39, 0.29) is 6.61 Å². The minimum Gasteiger partial charge on any atom is -0.394 e. The average molecular weight is 373 g/mol. The van der Waals surface area contributed by atoms with Crippen LogP contribution >= 0.6 is 0 Å². The number of rotatable bonds is 7. The molecule has 0 spiro atoms. The van der Waals surface area contributed by atoms with Gasteiger partial charge in [-0.3, -0.25) is 0 Å². The molecule has 5 atom stereocenters. The first-order valence-electron chi connectivity index (χ1n) is 10.5. The summed E-state index contributed by atoms with van der Waals surface area (Å²) in [6.07, 6.45) is 7.71. The van der Waals surface area contributed by atoms with Crippen LogP contribution in [0.15, 0.2) is 0 Å². The maximum Gasteiger partial charge on any atom is 0.184 e. The van der Waals surface area contributed by atoms with Crippen molar-refractivity contribution >= 4 is 0 Å². The molecule has 0 aromatic rings. The predicted molar refractivity (Wildman–Crippen MR) is 96.6 cm³/mol. The zero-order chi connectivity index (χ0) is 18.4. The summed E-state index contributed by atoms with van der Waals surface area (Å²) in [5.74, 6) is 1.00. The van der Waals surface area contributed by atoms with E-state index in [0.717, 1.165) is 25.7 Å². The molecule has 0 radical (unpaired) electrons. The van der Waals surface area contributed by atoms with Crippen LogP contribution in [0.5, 0.6) is 0 Å². The van der Waals surface area contributed by atoms with Gasteiger partial charge in [0.15, 0.2) is 6.29 Å². The smallest absolute Gasteiger partial charge is 0.184 e. The first-order valence-corrected chi connectivity index (χ1v) is 10.5. The van der Waals surface area contributed by atoms with E-state index in [1.54, 1.807) is 0 Å². The Labute approximate surface area is 156 Å². The second kappa shape index (κ2) is 10.3. The quantitative estimate of drug-likeness (QED) is 0.633. The van der Waals surface area contributed by atoms with Gasteiger partial charge in [0, 0.05) is 0 Å². The number of ether oxygens (including phenoxy) is 3. The van der Waals surface area contributed by atoms with Crippen molar-refractivity contribution < 1.29 is 29.5 Å². The molecule has 26 heavy (non-hydrogen) atoms. The van der Waals surface area contributed by atoms with Crippen molar-refractivity contribution in [3.63, 3.8) is 0 Å². The number of aliphatic hydroxyl groups is 3. The molecule has 0 aromatic heterocycles. The minimum absolute atomic E-state index is 0.350. The molecule has 2 saturated carbocycles. The Morgan fingerprint density at radius 1 is 0.731 bits per heavy atom. The van der Waals surface area contributed by atoms with E-state index in [1.165, 1.54) is 38.5 Å². The summed E-state index contributed by atoms with van der Waals surface area (Å²) in [5, 5.41) is 30.4. The molecular weight excluding hydrogens is 336 g/mol. The zero-order valence-corrected chi connectivity index (χ0v) is 15.8. The van der Waals surface area contributed by atoms with Crippen molar-refractivity contribution in [3.05, 3.63) is 0 Å². The summed E-state index contributed by atoms with van der Waals surface area (Å²) in [6, 6.07) is 0. The van der Waals surface area contributed by atoms with E-state index >= 15 is 0 Å². The lowest BCUT2D eigenvalue weighted by Gasteiger charge is -2.43. The van der Waals surface area contributed by atoms with Crippen molar-refractivity contribution in [1.82, 2.24) is 0 Å². The summed E-state index contributed by atoms with van der Waals surface area (Å²) in [7, 11) is 0. The lowest BCUT2D eigenvalue weighted by atomic mass is 9.89. The molecule has 152 valence electrons. The Bertz CT molecular complexity index is 394. The van der Waals surface area contributed by atoms with Gasteiger partial charge in [0.2, 0.25) is 0 Å². The SMILES string of the molecule is OC[C@H]1OC(O)[C@H](OCC2CCCCC2)[C@@H](OCC2CCCCC2)[C@@H]1O. The molecule has 3 N–H and O–H groups in total. The first kappa shape index (κ1) is 20.5. The summed E-state index contributed by atoms with van der Waals surface area (Å²) < 4.78 is 17.4. The van der Waals surface area contributed by atoms with Crippen molar-refractivity contribution in [1.29, 1.82) is 0 Å². The summed E-state index contributed by atoms with van der Waals surface area (Å²) >= 11 is 0. The van der Waals surface area contributed by atoms with Crippen LogP contribution in [0.4, 0.5) is 0 Å². The molecule has 2 aliphatic carbocycles. The van der Waals surface area contributed by atoms with Gasteiger partial charge in [-0.1, -0.05) is 38.5 Å². The Morgan fingerprint density at radius 2 is 1.23 bits per heavy atom. The van der Waals surface area contributed by atoms with Crippen molar-refractivity contribution in [2.45, 2.75) is 94.9 Å². The van der Waals surface area contributed by atoms with Crippen LogP contribution in [0.3, 0.4) is 0 Å². The molecule has 1 heterocycles. The monoisotopic (exact) mass is 372 g/mol. The maximum atomic E-state index is 10.6. The molecule has 3 fully saturated rings. The Hall–Kier alpha value is -0.240. The maximum absolute atomic E-state index is 10.6. The van der Waals surface area contributed by atoms with Gasteiger partial charge in [-0.05, 0) is 37.5 Å². The lowest BCUT2D eigenvalue weighted by molar-refractivity contribution is -0.306. The lowest BCUT2D eigenvalue weighted by Crippen LogP contribution is -2.60. The highest BCUT2D eigenvalue weighted by molar-refractivity contribution is 4.91. The van der Waals surface area contributed by atoms with E-state index in [1.807, 2.05) is 0 Å². The van der Waals surface area contributed by atoms with Crippen molar-refractivity contribution in [3.8, 4) is 0 Å². The van der Waals surface area contributed by atoms with Gasteiger partial charge in [0.05, 0.1) is 19.8 Å². The van der Waals surface area contributed by atoms with Crippen LogP contribution in [-0.2, 0) is 14.2 Å². The fourth-order valence-electron chi connectivity index (χ4n) is 4.63. The fraction of sp³-hybridized carbons (Fsp3) is 1.00. The second-order valence-corrected chi connectivity index (χ2v) is 8.34. The van der Waals surface area contributed by atoms with Crippen LogP contribution in [0.1, 0.15) is 64.2 Å². The fourth-order valence-corrected chi connectivity index (χ4v) is 4.63. The van der Waals surface area contributed by atoms with Gasteiger partial charge < -0.3 is 29.5 Å². The molecule has 3 rings (SSSR count). The van der Waals surface area contributed by atoms with E-state index in [9.17, 15) is 15.3 Å². The zero-order valence-electron chi connectivity index (χ0n) is 15.8. The summed E-state index contributed by atoms with van der Waals surface area (Å²) in [4.78, 5) is 0. The molecule has 0 amide bonds. The molecule has 1 aliphatic heterocycles. The van der Waals surface area contributed by atoms with E-state index in [0.29, 0.717) is 25.0 Å². The number of hydrogen-bond donors (Lipinski definition) is 3. The van der Waals surface area contributed by atoms with Crippen LogP contribution in [0.2, 0.25) is 0 Å². The van der Waals surface area contributed by atoms with E-state index < -0.39 is 30.7 Å². The van der Waals surface area contributed by atoms with Crippen LogP contribution in [-0.4, -0.2) is 65.8 Å². The summed E-state index contributed by atoms with van der Waals surface area (Å²) in [5.41, 5.74) is 0. The molecule has 6 nitrogen and oxygen atoms in total. The third-order valence-corrected chi connectivity index (χ3v) is 6.31. The van der Waals surface area contributed by atoms with Gasteiger partial charge in [-0.2, -0.15) is 0 Å². The molecular formula is C20H36O6. The Morgan fingerprint density at radius 3 is 1.73 bits per heavy atom. The normalized spacial score (nSPS) is 37.7. The van der Waals surface area contributed by atoms with Gasteiger partial charge in [0.25, 0.3) is 0 Å². The van der Waals surface area contributed by atoms with Gasteiger partial charge >= 0.3 is 0 Å². The highest BCUT2D eigenvalue weighted by Crippen LogP contribution is 2.30. The van der Waals surface area contributed by atoms with Gasteiger partial charge in [-0.25, -0.2) is 0 Å². The standard InChI is InChI=1S/C20H36O6/c21-11-16-17(22)18(24-12-14-7-3-1-4-8-14)19(20(23)26-16)25-13-15-9-5-2-6-10-15/h14-23H,1-13H2/t16-,17-,18+,19-,20?/m1/s1. The van der Waals surface area contributed by atoms with Gasteiger partial charge in [-0.15, -0.1) is 0 Å². The molecule has 1 saturated heterocycles. The van der Waals surface area contributed by atoms with Crippen molar-refractivity contribution in [2.75, 3.05) is 19.8 Å². The molecule has 0 bridgehead atoms. The van der Waals surface area contributed by atoms with E-state index in [4.69, 9.17) is 14.2 Å². The van der Waals surface area contributed by atoms with Crippen LogP contribution < -0.4 is 0 Å². The van der Waals surface area contributed by atoms with Gasteiger partial charge in [0.1, 0.15) is 24.4 Å².